The van der Waals surface area contributed by atoms with Crippen molar-refractivity contribution in [2.75, 3.05) is 65.7 Å². The van der Waals surface area contributed by atoms with Gasteiger partial charge in [-0.2, -0.15) is 0 Å². The molecule has 1 aromatic rings. The average molecular weight is 404 g/mol. The van der Waals surface area contributed by atoms with Gasteiger partial charge >= 0.3 is 0 Å². The van der Waals surface area contributed by atoms with Crippen molar-refractivity contribution in [1.29, 1.82) is 0 Å². The second kappa shape index (κ2) is 12.1. The highest BCUT2D eigenvalue weighted by Crippen LogP contribution is 2.10. The van der Waals surface area contributed by atoms with Crippen molar-refractivity contribution < 1.29 is 9.47 Å². The van der Waals surface area contributed by atoms with Crippen LogP contribution in [-0.4, -0.2) is 87.5 Å². The van der Waals surface area contributed by atoms with Crippen LogP contribution < -0.4 is 10.6 Å². The van der Waals surface area contributed by atoms with Gasteiger partial charge in [-0.15, -0.1) is 0 Å². The van der Waals surface area contributed by atoms with Crippen LogP contribution in [0.3, 0.4) is 0 Å². The fourth-order valence-electron chi connectivity index (χ4n) is 3.67. The van der Waals surface area contributed by atoms with E-state index in [4.69, 9.17) is 14.5 Å². The van der Waals surface area contributed by atoms with Crippen molar-refractivity contribution >= 4 is 5.96 Å². The fourth-order valence-corrected chi connectivity index (χ4v) is 3.67. The Kier molecular flexibility index (Phi) is 9.21. The lowest BCUT2D eigenvalue weighted by Crippen LogP contribution is -2.49. The molecule has 3 rings (SSSR count). The zero-order valence-corrected chi connectivity index (χ0v) is 18.0. The number of aliphatic imine (C=N–C) groups is 1. The summed E-state index contributed by atoms with van der Waals surface area (Å²) < 4.78 is 10.9. The smallest absolute Gasteiger partial charge is 0.191 e. The molecule has 0 aliphatic carbocycles. The van der Waals surface area contributed by atoms with Crippen molar-refractivity contribution in [2.24, 2.45) is 4.99 Å². The summed E-state index contributed by atoms with van der Waals surface area (Å²) in [6.07, 6.45) is 0. The number of nitrogens with zero attached hydrogens (tertiary/aromatic N) is 3. The molecule has 1 aromatic carbocycles. The van der Waals surface area contributed by atoms with E-state index >= 15 is 0 Å². The Morgan fingerprint density at radius 3 is 2.24 bits per heavy atom. The molecule has 0 bridgehead atoms. The van der Waals surface area contributed by atoms with Gasteiger partial charge < -0.3 is 20.1 Å². The third-order valence-corrected chi connectivity index (χ3v) is 5.53. The van der Waals surface area contributed by atoms with E-state index < -0.39 is 0 Å². The number of benzene rings is 1. The number of ether oxygens (including phenoxy) is 2. The van der Waals surface area contributed by atoms with Crippen molar-refractivity contribution in [3.63, 3.8) is 0 Å². The van der Waals surface area contributed by atoms with Crippen LogP contribution in [-0.2, 0) is 22.6 Å². The first-order valence-corrected chi connectivity index (χ1v) is 11.0. The largest absolute Gasteiger partial charge is 0.379 e. The van der Waals surface area contributed by atoms with Crippen molar-refractivity contribution in [1.82, 2.24) is 20.4 Å². The first-order chi connectivity index (χ1) is 14.2. The molecule has 2 aliphatic heterocycles. The zero-order chi connectivity index (χ0) is 20.3. The molecule has 0 aromatic heterocycles. The normalized spacial score (nSPS) is 20.4. The van der Waals surface area contributed by atoms with Crippen LogP contribution in [0.1, 0.15) is 25.0 Å². The molecule has 0 amide bonds. The summed E-state index contributed by atoms with van der Waals surface area (Å²) in [6.45, 7) is 15.2. The molecule has 0 radical (unpaired) electrons. The Bertz CT molecular complexity index is 610. The molecule has 0 spiro atoms. The predicted molar refractivity (Wildman–Crippen MR) is 117 cm³/mol. The summed E-state index contributed by atoms with van der Waals surface area (Å²) in [7, 11) is 0. The van der Waals surface area contributed by atoms with Crippen LogP contribution in [0.25, 0.3) is 0 Å². The molecule has 2 aliphatic rings. The van der Waals surface area contributed by atoms with Crippen LogP contribution in [0.4, 0.5) is 0 Å². The minimum absolute atomic E-state index is 0.460. The monoisotopic (exact) mass is 403 g/mol. The summed E-state index contributed by atoms with van der Waals surface area (Å²) in [5.74, 6) is 0.880. The highest BCUT2D eigenvalue weighted by atomic mass is 16.5. The maximum absolute atomic E-state index is 5.45. The number of rotatable bonds is 8. The molecule has 2 heterocycles. The fraction of sp³-hybridized carbons (Fsp3) is 0.682. The van der Waals surface area contributed by atoms with Gasteiger partial charge in [-0.05, 0) is 25.0 Å². The summed E-state index contributed by atoms with van der Waals surface area (Å²) in [6, 6.07) is 9.29. The van der Waals surface area contributed by atoms with E-state index in [2.05, 4.69) is 58.5 Å². The molecule has 1 atom stereocenters. The second-order valence-corrected chi connectivity index (χ2v) is 7.78. The van der Waals surface area contributed by atoms with Gasteiger partial charge in [-0.25, -0.2) is 4.99 Å². The second-order valence-electron chi connectivity index (χ2n) is 7.78. The highest BCUT2D eigenvalue weighted by molar-refractivity contribution is 5.79. The maximum atomic E-state index is 5.45. The van der Waals surface area contributed by atoms with E-state index in [9.17, 15) is 0 Å². The summed E-state index contributed by atoms with van der Waals surface area (Å²) in [5.41, 5.74) is 2.58. The Balaban J connectivity index is 1.47. The first kappa shape index (κ1) is 22.0. The Labute approximate surface area is 175 Å². The molecule has 2 N–H and O–H groups in total. The van der Waals surface area contributed by atoms with Gasteiger partial charge in [-0.3, -0.25) is 9.80 Å². The van der Waals surface area contributed by atoms with Crippen molar-refractivity contribution in [3.05, 3.63) is 35.4 Å². The van der Waals surface area contributed by atoms with Gasteiger partial charge in [0.15, 0.2) is 5.96 Å². The minimum Gasteiger partial charge on any atom is -0.379 e. The van der Waals surface area contributed by atoms with E-state index in [-0.39, 0.29) is 0 Å². The van der Waals surface area contributed by atoms with E-state index in [0.29, 0.717) is 12.6 Å². The Morgan fingerprint density at radius 1 is 0.966 bits per heavy atom. The lowest BCUT2D eigenvalue weighted by atomic mass is 10.1. The molecule has 7 nitrogen and oxygen atoms in total. The van der Waals surface area contributed by atoms with Gasteiger partial charge in [0.2, 0.25) is 0 Å². The predicted octanol–water partition coefficient (Wildman–Crippen LogP) is 1.29. The van der Waals surface area contributed by atoms with E-state index in [1.54, 1.807) is 0 Å². The van der Waals surface area contributed by atoms with Crippen LogP contribution in [0, 0.1) is 0 Å². The topological polar surface area (TPSA) is 61.4 Å². The van der Waals surface area contributed by atoms with Gasteiger partial charge in [0.05, 0.1) is 33.0 Å². The van der Waals surface area contributed by atoms with E-state index in [0.717, 1.165) is 78.2 Å². The van der Waals surface area contributed by atoms with Crippen molar-refractivity contribution in [3.8, 4) is 0 Å². The van der Waals surface area contributed by atoms with Crippen LogP contribution in [0.15, 0.2) is 29.3 Å². The Morgan fingerprint density at radius 2 is 1.59 bits per heavy atom. The maximum Gasteiger partial charge on any atom is 0.191 e. The number of nitrogens with one attached hydrogen (secondary N) is 2. The number of morpholine rings is 2. The molecular weight excluding hydrogens is 366 g/mol. The van der Waals surface area contributed by atoms with Crippen LogP contribution in [0.2, 0.25) is 0 Å². The quantitative estimate of drug-likeness (QED) is 0.504. The van der Waals surface area contributed by atoms with Crippen LogP contribution >= 0.6 is 0 Å². The van der Waals surface area contributed by atoms with Gasteiger partial charge in [0.25, 0.3) is 0 Å². The van der Waals surface area contributed by atoms with Gasteiger partial charge in [0.1, 0.15) is 0 Å². The van der Waals surface area contributed by atoms with Crippen molar-refractivity contribution in [2.45, 2.75) is 33.0 Å². The van der Waals surface area contributed by atoms with E-state index in [1.165, 1.54) is 11.1 Å². The molecule has 1 unspecified atom stereocenters. The summed E-state index contributed by atoms with van der Waals surface area (Å²) in [5, 5.41) is 6.85. The minimum atomic E-state index is 0.460. The molecule has 2 saturated heterocycles. The van der Waals surface area contributed by atoms with Gasteiger partial charge in [0, 0.05) is 51.9 Å². The number of hydrogen-bond acceptors (Lipinski definition) is 5. The number of guanidine groups is 1. The summed E-state index contributed by atoms with van der Waals surface area (Å²) >= 11 is 0. The van der Waals surface area contributed by atoms with Crippen LogP contribution in [0.5, 0.6) is 0 Å². The first-order valence-electron chi connectivity index (χ1n) is 11.0. The third-order valence-electron chi connectivity index (χ3n) is 5.53. The third kappa shape index (κ3) is 7.59. The van der Waals surface area contributed by atoms with Gasteiger partial charge in [-0.1, -0.05) is 24.3 Å². The zero-order valence-electron chi connectivity index (χ0n) is 18.0. The molecule has 7 heteroatoms. The SMILES string of the molecule is CCNC(=NCc1ccc(CN2CCOCC2)cc1)NCC(C)N1CCOCC1. The molecule has 2 fully saturated rings. The molecular formula is C22H37N5O2. The molecule has 0 saturated carbocycles. The Hall–Kier alpha value is -1.67. The standard InChI is InChI=1S/C22H37N5O2/c1-3-23-22(24-16-19(2)27-10-14-29-15-11-27)25-17-20-4-6-21(7-5-20)18-26-8-12-28-13-9-26/h4-7,19H,3,8-18H2,1-2H3,(H2,23,24,25). The average Bonchev–Trinajstić information content (AvgIpc) is 2.78. The summed E-state index contributed by atoms with van der Waals surface area (Å²) in [4.78, 5) is 9.68. The lowest BCUT2D eigenvalue weighted by molar-refractivity contribution is 0.0211. The lowest BCUT2D eigenvalue weighted by Gasteiger charge is -2.32. The molecule has 29 heavy (non-hydrogen) atoms. The van der Waals surface area contributed by atoms with E-state index in [1.807, 2.05) is 0 Å². The number of hydrogen-bond donors (Lipinski definition) is 2. The molecule has 162 valence electrons. The highest BCUT2D eigenvalue weighted by Gasteiger charge is 2.17.